The van der Waals surface area contributed by atoms with Gasteiger partial charge in [0.25, 0.3) is 5.91 Å². The van der Waals surface area contributed by atoms with Gasteiger partial charge in [-0.05, 0) is 42.9 Å². The van der Waals surface area contributed by atoms with Crippen molar-refractivity contribution in [2.75, 3.05) is 18.9 Å². The summed E-state index contributed by atoms with van der Waals surface area (Å²) in [6, 6.07) is 12.9. The molecule has 8 nitrogen and oxygen atoms in total. The Kier molecular flexibility index (Phi) is 11.2. The molecule has 6 N–H and O–H groups in total. The van der Waals surface area contributed by atoms with E-state index in [4.69, 9.17) is 5.73 Å². The van der Waals surface area contributed by atoms with Gasteiger partial charge in [0.05, 0.1) is 27.4 Å². The van der Waals surface area contributed by atoms with Crippen LogP contribution in [-0.4, -0.2) is 34.6 Å². The number of thiazole rings is 1. The molecule has 2 heterocycles. The van der Waals surface area contributed by atoms with E-state index in [1.807, 2.05) is 44.3 Å². The topological polar surface area (TPSA) is 125 Å². The molecule has 206 valence electrons. The largest absolute Gasteiger partial charge is 0.405 e. The molecule has 0 bridgehead atoms. The van der Waals surface area contributed by atoms with Crippen LogP contribution in [0.3, 0.4) is 0 Å². The summed E-state index contributed by atoms with van der Waals surface area (Å²) < 4.78 is 16.1. The predicted molar refractivity (Wildman–Crippen MR) is 157 cm³/mol. The van der Waals surface area contributed by atoms with E-state index >= 15 is 4.39 Å². The Labute approximate surface area is 236 Å². The highest BCUT2D eigenvalue weighted by molar-refractivity contribution is 8.05. The average Bonchev–Trinajstić information content (AvgIpc) is 3.39. The molecular formula is C28H33FN6O2S2. The number of aliphatic hydroxyl groups is 1. The first-order chi connectivity index (χ1) is 18.8. The van der Waals surface area contributed by atoms with Gasteiger partial charge in [-0.3, -0.25) is 4.79 Å². The van der Waals surface area contributed by atoms with E-state index in [0.717, 1.165) is 23.9 Å². The summed E-state index contributed by atoms with van der Waals surface area (Å²) in [5.74, 6) is -0.906. The maximum absolute atomic E-state index is 15.4. The number of thioether (sulfide) groups is 1. The van der Waals surface area contributed by atoms with Gasteiger partial charge in [0.1, 0.15) is 17.2 Å². The summed E-state index contributed by atoms with van der Waals surface area (Å²) >= 11 is 2.37. The molecular weight excluding hydrogens is 535 g/mol. The molecule has 0 aliphatic heterocycles. The number of benzene rings is 1. The van der Waals surface area contributed by atoms with E-state index in [9.17, 15) is 9.90 Å². The van der Waals surface area contributed by atoms with Gasteiger partial charge in [-0.15, -0.1) is 0 Å². The van der Waals surface area contributed by atoms with Crippen LogP contribution in [0.1, 0.15) is 30.9 Å². The second kappa shape index (κ2) is 14.6. The fourth-order valence-corrected chi connectivity index (χ4v) is 5.62. The van der Waals surface area contributed by atoms with Gasteiger partial charge in [-0.1, -0.05) is 79.4 Å². The molecule has 0 radical (unpaired) electrons. The van der Waals surface area contributed by atoms with Crippen LogP contribution in [0.4, 0.5) is 15.3 Å². The van der Waals surface area contributed by atoms with Crippen LogP contribution < -0.4 is 21.7 Å². The normalized spacial score (nSPS) is 13.5. The molecule has 0 saturated carbocycles. The van der Waals surface area contributed by atoms with Crippen LogP contribution in [0.15, 0.2) is 94.2 Å². The molecule has 0 fully saturated rings. The van der Waals surface area contributed by atoms with E-state index in [1.54, 1.807) is 24.5 Å². The molecule has 1 atom stereocenters. The summed E-state index contributed by atoms with van der Waals surface area (Å²) in [7, 11) is 1.87. The molecule has 3 rings (SSSR count). The first-order valence-electron chi connectivity index (χ1n) is 12.3. The third-order valence-corrected chi connectivity index (χ3v) is 7.70. The summed E-state index contributed by atoms with van der Waals surface area (Å²) in [4.78, 5) is 21.6. The molecule has 2 aromatic heterocycles. The van der Waals surface area contributed by atoms with Crippen LogP contribution in [0.2, 0.25) is 0 Å². The summed E-state index contributed by atoms with van der Waals surface area (Å²) in [5.41, 5.74) is 5.64. The smallest absolute Gasteiger partial charge is 0.253 e. The number of hydrogen-bond acceptors (Lipinski definition) is 9. The minimum atomic E-state index is -1.28. The number of nitrogens with one attached hydrogen (secondary N) is 3. The fourth-order valence-electron chi connectivity index (χ4n) is 3.71. The number of anilines is 2. The third kappa shape index (κ3) is 8.49. The lowest BCUT2D eigenvalue weighted by molar-refractivity contribution is -0.118. The Hall–Kier alpha value is -3.51. The van der Waals surface area contributed by atoms with Crippen molar-refractivity contribution in [3.8, 4) is 0 Å². The number of amides is 1. The lowest BCUT2D eigenvalue weighted by Crippen LogP contribution is -2.41. The van der Waals surface area contributed by atoms with E-state index in [1.165, 1.54) is 23.6 Å². The van der Waals surface area contributed by atoms with Gasteiger partial charge >= 0.3 is 0 Å². The number of allylic oxidation sites excluding steroid dienone is 1. The van der Waals surface area contributed by atoms with E-state index in [2.05, 4.69) is 32.5 Å². The van der Waals surface area contributed by atoms with Crippen LogP contribution in [0, 0.1) is 0 Å². The molecule has 11 heteroatoms. The molecule has 1 unspecified atom stereocenters. The Morgan fingerprint density at radius 2 is 2.00 bits per heavy atom. The Bertz CT molecular complexity index is 1310. The fraction of sp³-hybridized carbons (Fsp3) is 0.250. The third-order valence-electron chi connectivity index (χ3n) is 5.65. The van der Waals surface area contributed by atoms with Crippen molar-refractivity contribution in [2.24, 2.45) is 5.73 Å². The Morgan fingerprint density at radius 1 is 1.23 bits per heavy atom. The molecule has 3 aromatic rings. The number of carbonyl (C=O) groups excluding carboxylic acids is 1. The molecule has 0 aliphatic rings. The minimum Gasteiger partial charge on any atom is -0.405 e. The van der Waals surface area contributed by atoms with E-state index in [-0.39, 0.29) is 17.0 Å². The zero-order chi connectivity index (χ0) is 28.3. The standard InChI is InChI=1S/C28H33FN6O2S2/c1-4-13-28(37,21-8-6-5-7-9-21)18-34-26(36)19(2)25(29)22(12-14-30)38-24-17-33-27(39-24)35-23-11-10-20(15-31-3)16-32-23/h5-12,14,16-17,31,37H,2,4,13,15,18,30H2,1,3H3,(H,34,36)(H,32,33,35)/b14-12-,25-22-. The maximum Gasteiger partial charge on any atom is 0.253 e. The highest BCUT2D eigenvalue weighted by Crippen LogP contribution is 2.38. The van der Waals surface area contributed by atoms with Crippen LogP contribution in [-0.2, 0) is 16.9 Å². The first-order valence-corrected chi connectivity index (χ1v) is 14.0. The number of carbonyl (C=O) groups is 1. The van der Waals surface area contributed by atoms with Crippen molar-refractivity contribution in [3.05, 3.63) is 101 Å². The van der Waals surface area contributed by atoms with Crippen LogP contribution in [0.25, 0.3) is 0 Å². The summed E-state index contributed by atoms with van der Waals surface area (Å²) in [6.07, 6.45) is 7.05. The molecule has 0 aliphatic carbocycles. The zero-order valence-corrected chi connectivity index (χ0v) is 23.5. The van der Waals surface area contributed by atoms with Crippen molar-refractivity contribution in [1.29, 1.82) is 0 Å². The Morgan fingerprint density at radius 3 is 2.64 bits per heavy atom. The predicted octanol–water partition coefficient (Wildman–Crippen LogP) is 5.11. The molecule has 1 amide bonds. The number of halogens is 1. The van der Waals surface area contributed by atoms with Crippen molar-refractivity contribution in [2.45, 2.75) is 36.1 Å². The monoisotopic (exact) mass is 568 g/mol. The summed E-state index contributed by atoms with van der Waals surface area (Å²) in [5, 5.41) is 20.6. The Balaban J connectivity index is 1.68. The number of rotatable bonds is 14. The first kappa shape index (κ1) is 30.0. The minimum absolute atomic E-state index is 0.0843. The van der Waals surface area contributed by atoms with Gasteiger partial charge in [0.15, 0.2) is 5.13 Å². The van der Waals surface area contributed by atoms with Crippen molar-refractivity contribution in [3.63, 3.8) is 0 Å². The molecule has 0 saturated heterocycles. The zero-order valence-electron chi connectivity index (χ0n) is 21.9. The van der Waals surface area contributed by atoms with Crippen LogP contribution in [0.5, 0.6) is 0 Å². The van der Waals surface area contributed by atoms with E-state index < -0.39 is 17.3 Å². The van der Waals surface area contributed by atoms with Gasteiger partial charge < -0.3 is 26.8 Å². The number of nitrogens with zero attached hydrogens (tertiary/aromatic N) is 2. The maximum atomic E-state index is 15.4. The molecule has 0 spiro atoms. The second-order valence-corrected chi connectivity index (χ2v) is 11.0. The highest BCUT2D eigenvalue weighted by atomic mass is 32.2. The SMILES string of the molecule is C=C(C(=O)NCC(O)(CCC)c1ccccc1)/C(F)=C(\C=C/N)Sc1cnc(Nc2ccc(CNC)cn2)s1. The van der Waals surface area contributed by atoms with E-state index in [0.29, 0.717) is 33.6 Å². The van der Waals surface area contributed by atoms with Gasteiger partial charge in [0.2, 0.25) is 0 Å². The molecule has 39 heavy (non-hydrogen) atoms. The van der Waals surface area contributed by atoms with Crippen molar-refractivity contribution in [1.82, 2.24) is 20.6 Å². The average molecular weight is 569 g/mol. The summed E-state index contributed by atoms with van der Waals surface area (Å²) in [6.45, 7) is 6.22. The van der Waals surface area contributed by atoms with Crippen molar-refractivity contribution < 1.29 is 14.3 Å². The number of pyridine rings is 1. The number of nitrogens with two attached hydrogens (primary N) is 1. The number of aromatic nitrogens is 2. The van der Waals surface area contributed by atoms with Gasteiger partial charge in [0, 0.05) is 12.7 Å². The van der Waals surface area contributed by atoms with Gasteiger partial charge in [-0.25, -0.2) is 14.4 Å². The quantitative estimate of drug-likeness (QED) is 0.103. The highest BCUT2D eigenvalue weighted by Gasteiger charge is 2.29. The lowest BCUT2D eigenvalue weighted by Gasteiger charge is -2.29. The van der Waals surface area contributed by atoms with Crippen molar-refractivity contribution >= 4 is 40.0 Å². The van der Waals surface area contributed by atoms with Gasteiger partial charge in [-0.2, -0.15) is 0 Å². The molecule has 1 aromatic carbocycles. The van der Waals surface area contributed by atoms with Crippen LogP contribution >= 0.6 is 23.1 Å². The lowest BCUT2D eigenvalue weighted by atomic mass is 9.89. The second-order valence-electron chi connectivity index (χ2n) is 8.64. The number of hydrogen-bond donors (Lipinski definition) is 5.